The lowest BCUT2D eigenvalue weighted by atomic mass is 10.3. The van der Waals surface area contributed by atoms with E-state index in [2.05, 4.69) is 25.0 Å². The van der Waals surface area contributed by atoms with Gasteiger partial charge in [-0.3, -0.25) is 14.3 Å². The van der Waals surface area contributed by atoms with E-state index in [4.69, 9.17) is 0 Å². The number of carbonyl (C=O) groups is 2. The average Bonchev–Trinajstić information content (AvgIpc) is 3.20. The molecule has 2 amide bonds. The van der Waals surface area contributed by atoms with Crippen molar-refractivity contribution in [2.24, 2.45) is 0 Å². The van der Waals surface area contributed by atoms with E-state index in [-0.39, 0.29) is 17.9 Å². The fraction of sp³-hybridized carbons (Fsp3) is 0.294. The van der Waals surface area contributed by atoms with Crippen LogP contribution in [0.5, 0.6) is 0 Å². The molecule has 2 heterocycles. The molecule has 9 heteroatoms. The van der Waals surface area contributed by atoms with Crippen LogP contribution < -0.4 is 10.0 Å². The Morgan fingerprint density at radius 2 is 2.04 bits per heavy atom. The number of imidazole rings is 2. The second kappa shape index (κ2) is 9.62. The third kappa shape index (κ3) is 6.25. The van der Waals surface area contributed by atoms with Crippen LogP contribution in [0.25, 0.3) is 12.2 Å². The quantitative estimate of drug-likeness (QED) is 0.481. The first kappa shape index (κ1) is 19.5. The molecule has 2 rings (SSSR count). The summed E-state index contributed by atoms with van der Waals surface area (Å²) in [6, 6.07) is 0.0846. The second-order valence-corrected chi connectivity index (χ2v) is 6.32. The van der Waals surface area contributed by atoms with E-state index >= 15 is 0 Å². The SMILES string of the molecule is CSNC(=O)/C=C/c1ncc(Cn2ccnc2/C=C/C(=O)NC(C)C)[nH]1. The molecular formula is C17H22N6O2S. The molecular weight excluding hydrogens is 352 g/mol. The van der Waals surface area contributed by atoms with Gasteiger partial charge in [0.25, 0.3) is 5.91 Å². The van der Waals surface area contributed by atoms with Gasteiger partial charge < -0.3 is 14.9 Å². The summed E-state index contributed by atoms with van der Waals surface area (Å²) in [6.07, 6.45) is 13.1. The van der Waals surface area contributed by atoms with Crippen LogP contribution in [0.3, 0.4) is 0 Å². The third-order valence-electron chi connectivity index (χ3n) is 3.15. The Bertz CT molecular complexity index is 806. The standard InChI is InChI=1S/C17H22N6O2S/c1-12(2)20-16(24)7-5-15-18-8-9-23(15)11-13-10-19-14(21-13)4-6-17(25)22-26-3/h4-10,12H,11H2,1-3H3,(H,19,21)(H,20,24)(H,22,25)/b6-4+,7-5+. The monoisotopic (exact) mass is 374 g/mol. The van der Waals surface area contributed by atoms with Crippen LogP contribution in [0.2, 0.25) is 0 Å². The normalized spacial score (nSPS) is 11.5. The van der Waals surface area contributed by atoms with E-state index in [0.717, 1.165) is 5.69 Å². The molecule has 0 saturated carbocycles. The van der Waals surface area contributed by atoms with Crippen LogP contribution in [-0.4, -0.2) is 43.6 Å². The number of aromatic nitrogens is 4. The summed E-state index contributed by atoms with van der Waals surface area (Å²) in [4.78, 5) is 34.7. The lowest BCUT2D eigenvalue weighted by Gasteiger charge is -2.05. The molecule has 0 aromatic carbocycles. The van der Waals surface area contributed by atoms with Gasteiger partial charge >= 0.3 is 0 Å². The number of aromatic amines is 1. The van der Waals surface area contributed by atoms with E-state index in [1.54, 1.807) is 30.8 Å². The highest BCUT2D eigenvalue weighted by Crippen LogP contribution is 2.07. The van der Waals surface area contributed by atoms with Crippen molar-refractivity contribution in [2.45, 2.75) is 26.4 Å². The summed E-state index contributed by atoms with van der Waals surface area (Å²) in [6.45, 7) is 4.33. The molecule has 0 fully saturated rings. The minimum absolute atomic E-state index is 0.0846. The molecule has 138 valence electrons. The highest BCUT2D eigenvalue weighted by atomic mass is 32.2. The summed E-state index contributed by atoms with van der Waals surface area (Å²) >= 11 is 1.24. The second-order valence-electron chi connectivity index (χ2n) is 5.71. The third-order valence-corrected chi connectivity index (χ3v) is 3.55. The summed E-state index contributed by atoms with van der Waals surface area (Å²) in [5.41, 5.74) is 0.856. The number of hydrogen-bond acceptors (Lipinski definition) is 5. The number of rotatable bonds is 8. The first-order chi connectivity index (χ1) is 12.5. The van der Waals surface area contributed by atoms with Crippen molar-refractivity contribution in [1.29, 1.82) is 0 Å². The molecule has 2 aromatic rings. The van der Waals surface area contributed by atoms with Crippen molar-refractivity contribution in [3.8, 4) is 0 Å². The van der Waals surface area contributed by atoms with Crippen LogP contribution in [-0.2, 0) is 16.1 Å². The first-order valence-electron chi connectivity index (χ1n) is 8.02. The fourth-order valence-corrected chi connectivity index (χ4v) is 2.38. The Morgan fingerprint density at radius 1 is 1.27 bits per heavy atom. The topological polar surface area (TPSA) is 105 Å². The molecule has 0 radical (unpaired) electrons. The van der Waals surface area contributed by atoms with Crippen molar-refractivity contribution in [2.75, 3.05) is 6.26 Å². The number of hydrogen-bond donors (Lipinski definition) is 3. The fourth-order valence-electron chi connectivity index (χ4n) is 2.11. The van der Waals surface area contributed by atoms with Gasteiger partial charge in [-0.25, -0.2) is 9.97 Å². The number of nitrogens with one attached hydrogen (secondary N) is 3. The van der Waals surface area contributed by atoms with Crippen molar-refractivity contribution in [1.82, 2.24) is 29.6 Å². The molecule has 26 heavy (non-hydrogen) atoms. The van der Waals surface area contributed by atoms with Gasteiger partial charge in [0, 0.05) is 36.8 Å². The summed E-state index contributed by atoms with van der Waals surface area (Å²) in [5.74, 6) is 0.893. The Labute approximate surface area is 156 Å². The predicted octanol–water partition coefficient (Wildman–Crippen LogP) is 1.60. The zero-order chi connectivity index (χ0) is 18.9. The number of nitrogens with zero attached hydrogens (tertiary/aromatic N) is 3. The molecule has 0 atom stereocenters. The molecule has 8 nitrogen and oxygen atoms in total. The summed E-state index contributed by atoms with van der Waals surface area (Å²) in [7, 11) is 0. The maximum absolute atomic E-state index is 11.7. The molecule has 0 spiro atoms. The van der Waals surface area contributed by atoms with E-state index < -0.39 is 0 Å². The molecule has 0 aliphatic rings. The van der Waals surface area contributed by atoms with E-state index in [1.165, 1.54) is 24.1 Å². The van der Waals surface area contributed by atoms with Crippen LogP contribution in [0.4, 0.5) is 0 Å². The summed E-state index contributed by atoms with van der Waals surface area (Å²) in [5, 5.41) is 2.79. The molecule has 2 aromatic heterocycles. The van der Waals surface area contributed by atoms with Crippen LogP contribution in [0.1, 0.15) is 31.2 Å². The molecule has 3 N–H and O–H groups in total. The minimum atomic E-state index is -0.197. The lowest BCUT2D eigenvalue weighted by molar-refractivity contribution is -0.117. The Kier molecular flexibility index (Phi) is 7.22. The lowest BCUT2D eigenvalue weighted by Crippen LogP contribution is -2.28. The Morgan fingerprint density at radius 3 is 2.77 bits per heavy atom. The highest BCUT2D eigenvalue weighted by molar-refractivity contribution is 7.97. The number of H-pyrrole nitrogens is 1. The van der Waals surface area contributed by atoms with Gasteiger partial charge in [-0.15, -0.1) is 0 Å². The molecule has 0 aliphatic heterocycles. The van der Waals surface area contributed by atoms with Crippen LogP contribution in [0, 0.1) is 0 Å². The largest absolute Gasteiger partial charge is 0.350 e. The van der Waals surface area contributed by atoms with Gasteiger partial charge in [0.1, 0.15) is 11.6 Å². The maximum Gasteiger partial charge on any atom is 0.253 e. The van der Waals surface area contributed by atoms with Gasteiger partial charge in [0.2, 0.25) is 5.91 Å². The van der Waals surface area contributed by atoms with E-state index in [0.29, 0.717) is 18.2 Å². The van der Waals surface area contributed by atoms with Crippen LogP contribution >= 0.6 is 11.9 Å². The number of carbonyl (C=O) groups excluding carboxylic acids is 2. The van der Waals surface area contributed by atoms with E-state index in [9.17, 15) is 9.59 Å². The Hall–Kier alpha value is -2.81. The Balaban J connectivity index is 2.00. The van der Waals surface area contributed by atoms with Gasteiger partial charge in [0.15, 0.2) is 0 Å². The zero-order valence-corrected chi connectivity index (χ0v) is 15.7. The van der Waals surface area contributed by atoms with Gasteiger partial charge in [0.05, 0.1) is 18.4 Å². The maximum atomic E-state index is 11.7. The molecule has 0 unspecified atom stereocenters. The van der Waals surface area contributed by atoms with E-state index in [1.807, 2.05) is 24.6 Å². The average molecular weight is 374 g/mol. The molecule has 0 aliphatic carbocycles. The zero-order valence-electron chi connectivity index (χ0n) is 14.9. The highest BCUT2D eigenvalue weighted by Gasteiger charge is 2.05. The minimum Gasteiger partial charge on any atom is -0.350 e. The molecule has 0 saturated heterocycles. The van der Waals surface area contributed by atoms with Gasteiger partial charge in [-0.1, -0.05) is 11.9 Å². The van der Waals surface area contributed by atoms with Crippen LogP contribution in [0.15, 0.2) is 30.7 Å². The van der Waals surface area contributed by atoms with Crippen molar-refractivity contribution < 1.29 is 9.59 Å². The first-order valence-corrected chi connectivity index (χ1v) is 9.25. The number of amides is 2. The van der Waals surface area contributed by atoms with Crippen molar-refractivity contribution >= 4 is 35.9 Å². The smallest absolute Gasteiger partial charge is 0.253 e. The predicted molar refractivity (Wildman–Crippen MR) is 103 cm³/mol. The molecule has 0 bridgehead atoms. The van der Waals surface area contributed by atoms with Gasteiger partial charge in [-0.2, -0.15) is 0 Å². The van der Waals surface area contributed by atoms with Gasteiger partial charge in [-0.05, 0) is 26.0 Å². The summed E-state index contributed by atoms with van der Waals surface area (Å²) < 4.78 is 4.49. The van der Waals surface area contributed by atoms with Crippen molar-refractivity contribution in [3.63, 3.8) is 0 Å². The van der Waals surface area contributed by atoms with Crippen molar-refractivity contribution in [3.05, 3.63) is 48.1 Å².